The summed E-state index contributed by atoms with van der Waals surface area (Å²) in [5.41, 5.74) is 2.55. The van der Waals surface area contributed by atoms with Crippen molar-refractivity contribution in [2.75, 3.05) is 13.7 Å². The monoisotopic (exact) mass is 330 g/mol. The van der Waals surface area contributed by atoms with Gasteiger partial charge in [0, 0.05) is 35.3 Å². The summed E-state index contributed by atoms with van der Waals surface area (Å²) in [7, 11) is 1.34. The van der Waals surface area contributed by atoms with E-state index in [9.17, 15) is 9.59 Å². The average Bonchev–Trinajstić information content (AvgIpc) is 2.97. The molecule has 0 saturated heterocycles. The lowest BCUT2D eigenvalue weighted by molar-refractivity contribution is -0.143. The fraction of sp³-hybridized carbons (Fsp3) is 0.333. The molecule has 1 aromatic heterocycles. The van der Waals surface area contributed by atoms with Crippen LogP contribution in [0.1, 0.15) is 19.4 Å². The SMILES string of the molecule is CCOC(=O)/C=C(\C)N[C@@H](Cc1c[nH]c2ccccc12)C(=O)OC. The van der Waals surface area contributed by atoms with Crippen LogP contribution in [0.2, 0.25) is 0 Å². The molecule has 1 heterocycles. The Morgan fingerprint density at radius 1 is 1.33 bits per heavy atom. The van der Waals surface area contributed by atoms with Crippen LogP contribution in [0.25, 0.3) is 10.9 Å². The molecule has 0 bridgehead atoms. The topological polar surface area (TPSA) is 80.4 Å². The number of allylic oxidation sites excluding steroid dienone is 1. The Labute approximate surface area is 140 Å². The lowest BCUT2D eigenvalue weighted by atomic mass is 10.0. The largest absolute Gasteiger partial charge is 0.467 e. The Kier molecular flexibility index (Phi) is 6.01. The van der Waals surface area contributed by atoms with Gasteiger partial charge in [0.05, 0.1) is 13.7 Å². The number of para-hydroxylation sites is 1. The molecule has 2 rings (SSSR count). The Hall–Kier alpha value is -2.76. The first kappa shape index (κ1) is 17.6. The lowest BCUT2D eigenvalue weighted by Crippen LogP contribution is -2.38. The molecule has 0 aliphatic rings. The molecular formula is C18H22N2O4. The number of rotatable bonds is 7. The van der Waals surface area contributed by atoms with Crippen LogP contribution >= 0.6 is 0 Å². The summed E-state index contributed by atoms with van der Waals surface area (Å²) in [6, 6.07) is 7.28. The number of benzene rings is 1. The molecule has 0 spiro atoms. The number of methoxy groups -OCH3 is 1. The molecule has 0 unspecified atom stereocenters. The summed E-state index contributed by atoms with van der Waals surface area (Å²) < 4.78 is 9.74. The predicted octanol–water partition coefficient (Wildman–Crippen LogP) is 2.31. The quantitative estimate of drug-likeness (QED) is 0.601. The molecule has 1 aromatic carbocycles. The van der Waals surface area contributed by atoms with Crippen LogP contribution in [0.5, 0.6) is 0 Å². The third-order valence-corrected chi connectivity index (χ3v) is 3.61. The highest BCUT2D eigenvalue weighted by molar-refractivity contribution is 5.85. The van der Waals surface area contributed by atoms with Crippen molar-refractivity contribution in [3.63, 3.8) is 0 Å². The van der Waals surface area contributed by atoms with E-state index in [2.05, 4.69) is 10.3 Å². The van der Waals surface area contributed by atoms with Gasteiger partial charge in [0.1, 0.15) is 6.04 Å². The summed E-state index contributed by atoms with van der Waals surface area (Å²) in [5.74, 6) is -0.838. The predicted molar refractivity (Wildman–Crippen MR) is 91.3 cm³/mol. The van der Waals surface area contributed by atoms with Gasteiger partial charge in [-0.3, -0.25) is 0 Å². The van der Waals surface area contributed by atoms with Crippen LogP contribution in [0.4, 0.5) is 0 Å². The maximum absolute atomic E-state index is 12.1. The van der Waals surface area contributed by atoms with Crippen LogP contribution < -0.4 is 5.32 Å². The van der Waals surface area contributed by atoms with Gasteiger partial charge in [0.25, 0.3) is 0 Å². The molecule has 6 nitrogen and oxygen atoms in total. The van der Waals surface area contributed by atoms with Gasteiger partial charge in [-0.05, 0) is 25.5 Å². The van der Waals surface area contributed by atoms with Crippen molar-refractivity contribution in [1.82, 2.24) is 10.3 Å². The number of carbonyl (C=O) groups is 2. The second kappa shape index (κ2) is 8.19. The number of esters is 2. The van der Waals surface area contributed by atoms with Crippen molar-refractivity contribution in [3.8, 4) is 0 Å². The number of aromatic amines is 1. The molecule has 2 N–H and O–H groups in total. The van der Waals surface area contributed by atoms with E-state index >= 15 is 0 Å². The summed E-state index contributed by atoms with van der Waals surface area (Å²) in [6.45, 7) is 3.75. The lowest BCUT2D eigenvalue weighted by Gasteiger charge is -2.17. The normalized spacial score (nSPS) is 12.7. The third-order valence-electron chi connectivity index (χ3n) is 3.61. The Bertz CT molecular complexity index is 748. The molecule has 1 atom stereocenters. The molecule has 24 heavy (non-hydrogen) atoms. The minimum atomic E-state index is -0.597. The number of nitrogens with one attached hydrogen (secondary N) is 2. The van der Waals surface area contributed by atoms with Crippen LogP contribution in [0.3, 0.4) is 0 Å². The average molecular weight is 330 g/mol. The zero-order chi connectivity index (χ0) is 17.5. The number of hydrogen-bond acceptors (Lipinski definition) is 5. The van der Waals surface area contributed by atoms with Gasteiger partial charge in [-0.15, -0.1) is 0 Å². The highest BCUT2D eigenvalue weighted by atomic mass is 16.5. The van der Waals surface area contributed by atoms with E-state index in [-0.39, 0.29) is 0 Å². The molecule has 128 valence electrons. The minimum Gasteiger partial charge on any atom is -0.467 e. The number of carbonyl (C=O) groups excluding carboxylic acids is 2. The number of fused-ring (bicyclic) bond motifs is 1. The zero-order valence-electron chi connectivity index (χ0n) is 14.1. The van der Waals surface area contributed by atoms with E-state index in [1.165, 1.54) is 13.2 Å². The van der Waals surface area contributed by atoms with Crippen molar-refractivity contribution >= 4 is 22.8 Å². The second-order valence-electron chi connectivity index (χ2n) is 5.36. The summed E-state index contributed by atoms with van der Waals surface area (Å²) in [6.07, 6.45) is 3.64. The van der Waals surface area contributed by atoms with Crippen LogP contribution in [0.15, 0.2) is 42.2 Å². The van der Waals surface area contributed by atoms with Crippen molar-refractivity contribution in [2.24, 2.45) is 0 Å². The Morgan fingerprint density at radius 3 is 2.79 bits per heavy atom. The van der Waals surface area contributed by atoms with E-state index in [1.807, 2.05) is 30.5 Å². The second-order valence-corrected chi connectivity index (χ2v) is 5.36. The maximum atomic E-state index is 12.1. The molecule has 2 aromatic rings. The Balaban J connectivity index is 2.17. The summed E-state index contributed by atoms with van der Waals surface area (Å²) >= 11 is 0. The molecule has 6 heteroatoms. The minimum absolute atomic E-state index is 0.304. The molecule has 0 aliphatic heterocycles. The van der Waals surface area contributed by atoms with Crippen molar-refractivity contribution < 1.29 is 19.1 Å². The van der Waals surface area contributed by atoms with Crippen molar-refractivity contribution in [1.29, 1.82) is 0 Å². The molecule has 0 aliphatic carbocycles. The van der Waals surface area contributed by atoms with Gasteiger partial charge in [0.2, 0.25) is 0 Å². The highest BCUT2D eigenvalue weighted by Crippen LogP contribution is 2.19. The van der Waals surface area contributed by atoms with Crippen molar-refractivity contribution in [3.05, 3.63) is 47.8 Å². The molecular weight excluding hydrogens is 308 g/mol. The fourth-order valence-corrected chi connectivity index (χ4v) is 2.53. The maximum Gasteiger partial charge on any atom is 0.332 e. The fourth-order valence-electron chi connectivity index (χ4n) is 2.53. The van der Waals surface area contributed by atoms with Gasteiger partial charge in [0.15, 0.2) is 0 Å². The van der Waals surface area contributed by atoms with Gasteiger partial charge in [-0.25, -0.2) is 9.59 Å². The molecule has 0 saturated carbocycles. The molecule has 0 amide bonds. The van der Waals surface area contributed by atoms with E-state index < -0.39 is 18.0 Å². The first-order valence-corrected chi connectivity index (χ1v) is 7.79. The first-order chi connectivity index (χ1) is 11.5. The van der Waals surface area contributed by atoms with E-state index in [4.69, 9.17) is 9.47 Å². The number of H-pyrrole nitrogens is 1. The molecule has 0 fully saturated rings. The van der Waals surface area contributed by atoms with E-state index in [0.717, 1.165) is 16.5 Å². The van der Waals surface area contributed by atoms with Crippen molar-refractivity contribution in [2.45, 2.75) is 26.3 Å². The smallest absolute Gasteiger partial charge is 0.332 e. The Morgan fingerprint density at radius 2 is 2.08 bits per heavy atom. The van der Waals surface area contributed by atoms with E-state index in [0.29, 0.717) is 18.7 Å². The van der Waals surface area contributed by atoms with Crippen LogP contribution in [0, 0.1) is 0 Å². The number of hydrogen-bond donors (Lipinski definition) is 2. The zero-order valence-corrected chi connectivity index (χ0v) is 14.1. The van der Waals surface area contributed by atoms with E-state index in [1.54, 1.807) is 13.8 Å². The first-order valence-electron chi connectivity index (χ1n) is 7.79. The standard InChI is InChI=1S/C18H22N2O4/c1-4-24-17(21)9-12(2)20-16(18(22)23-3)10-13-11-19-15-8-6-5-7-14(13)15/h5-9,11,16,19-20H,4,10H2,1-3H3/b12-9+/t16-/m0/s1. The van der Waals surface area contributed by atoms with Gasteiger partial charge in [-0.2, -0.15) is 0 Å². The van der Waals surface area contributed by atoms with Gasteiger partial charge < -0.3 is 19.8 Å². The summed E-state index contributed by atoms with van der Waals surface area (Å²) in [5, 5.41) is 4.09. The third kappa shape index (κ3) is 4.38. The van der Waals surface area contributed by atoms with Crippen LogP contribution in [-0.4, -0.2) is 36.7 Å². The number of ether oxygens (including phenoxy) is 2. The van der Waals surface area contributed by atoms with Crippen LogP contribution in [-0.2, 0) is 25.5 Å². The summed E-state index contributed by atoms with van der Waals surface area (Å²) in [4.78, 5) is 26.8. The number of aromatic nitrogens is 1. The van der Waals surface area contributed by atoms with Gasteiger partial charge >= 0.3 is 11.9 Å². The van der Waals surface area contributed by atoms with Gasteiger partial charge in [-0.1, -0.05) is 18.2 Å². The molecule has 0 radical (unpaired) electrons. The highest BCUT2D eigenvalue weighted by Gasteiger charge is 2.21.